The summed E-state index contributed by atoms with van der Waals surface area (Å²) >= 11 is 7.61. The first-order chi connectivity index (χ1) is 9.99. The van der Waals surface area contributed by atoms with Gasteiger partial charge in [-0.3, -0.25) is 0 Å². The molecule has 0 aromatic heterocycles. The summed E-state index contributed by atoms with van der Waals surface area (Å²) < 4.78 is 0. The highest BCUT2D eigenvalue weighted by atomic mass is 35.5. The number of carbonyl (C=O) groups excluding carboxylic acids is 1. The van der Waals surface area contributed by atoms with Crippen molar-refractivity contribution in [1.29, 1.82) is 0 Å². The van der Waals surface area contributed by atoms with Gasteiger partial charge in [0.25, 0.3) is 0 Å². The number of urea groups is 1. The third-order valence-corrected chi connectivity index (χ3v) is 4.86. The molecule has 2 unspecified atom stereocenters. The predicted octanol–water partition coefficient (Wildman–Crippen LogP) is 3.44. The van der Waals surface area contributed by atoms with E-state index < -0.39 is 5.97 Å². The number of carboxylic acids is 1. The molecule has 0 bridgehead atoms. The molecule has 1 aromatic carbocycles. The molecular formula is C14H17ClN2O3S. The number of hydrogen-bond donors (Lipinski definition) is 3. The quantitative estimate of drug-likeness (QED) is 0.791. The number of halogens is 1. The fourth-order valence-corrected chi connectivity index (χ4v) is 3.66. The van der Waals surface area contributed by atoms with E-state index in [2.05, 4.69) is 10.6 Å². The highest BCUT2D eigenvalue weighted by Gasteiger charge is 2.27. The van der Waals surface area contributed by atoms with E-state index in [-0.39, 0.29) is 22.7 Å². The fraction of sp³-hybridized carbons (Fsp3) is 0.429. The van der Waals surface area contributed by atoms with Gasteiger partial charge in [0.15, 0.2) is 0 Å². The summed E-state index contributed by atoms with van der Waals surface area (Å²) in [7, 11) is 0. The second-order valence-corrected chi connectivity index (χ2v) is 6.46. The van der Waals surface area contributed by atoms with E-state index in [1.807, 2.05) is 6.26 Å². The molecule has 3 N–H and O–H groups in total. The van der Waals surface area contributed by atoms with Crippen LogP contribution in [0.2, 0.25) is 5.02 Å². The normalized spacial score (nSPS) is 21.0. The van der Waals surface area contributed by atoms with E-state index >= 15 is 0 Å². The summed E-state index contributed by atoms with van der Waals surface area (Å²) in [6.07, 6.45) is 5.22. The van der Waals surface area contributed by atoms with Crippen molar-refractivity contribution in [3.05, 3.63) is 28.8 Å². The van der Waals surface area contributed by atoms with Gasteiger partial charge in [-0.05, 0) is 37.3 Å². The molecule has 0 aliphatic heterocycles. The number of hydrogen-bond acceptors (Lipinski definition) is 3. The first kappa shape index (κ1) is 16.0. The summed E-state index contributed by atoms with van der Waals surface area (Å²) in [6, 6.07) is 4.06. The third kappa shape index (κ3) is 4.28. The van der Waals surface area contributed by atoms with Crippen molar-refractivity contribution in [3.8, 4) is 0 Å². The van der Waals surface area contributed by atoms with E-state index in [0.29, 0.717) is 10.9 Å². The number of carbonyl (C=O) groups is 2. The minimum absolute atomic E-state index is 0.0423. The van der Waals surface area contributed by atoms with Crippen molar-refractivity contribution in [2.75, 3.05) is 11.6 Å². The molecule has 0 saturated heterocycles. The summed E-state index contributed by atoms with van der Waals surface area (Å²) in [4.78, 5) is 23.0. The molecule has 0 heterocycles. The zero-order chi connectivity index (χ0) is 15.4. The van der Waals surface area contributed by atoms with Gasteiger partial charge in [0.2, 0.25) is 0 Å². The molecule has 2 atom stereocenters. The number of amides is 2. The fourth-order valence-electron chi connectivity index (χ4n) is 2.49. The molecule has 1 saturated carbocycles. The highest BCUT2D eigenvalue weighted by molar-refractivity contribution is 7.99. The molecular weight excluding hydrogens is 312 g/mol. The largest absolute Gasteiger partial charge is 0.478 e. The molecule has 7 heteroatoms. The van der Waals surface area contributed by atoms with Gasteiger partial charge in [-0.25, -0.2) is 9.59 Å². The third-order valence-electron chi connectivity index (χ3n) is 3.47. The molecule has 0 radical (unpaired) electrons. The van der Waals surface area contributed by atoms with Gasteiger partial charge in [0.05, 0.1) is 5.56 Å². The van der Waals surface area contributed by atoms with Crippen LogP contribution in [0, 0.1) is 0 Å². The van der Waals surface area contributed by atoms with Crippen LogP contribution < -0.4 is 10.6 Å². The second kappa shape index (κ2) is 7.04. The van der Waals surface area contributed by atoms with Gasteiger partial charge < -0.3 is 15.7 Å². The number of rotatable bonds is 4. The highest BCUT2D eigenvalue weighted by Crippen LogP contribution is 2.28. The van der Waals surface area contributed by atoms with Crippen LogP contribution in [0.3, 0.4) is 0 Å². The topological polar surface area (TPSA) is 78.4 Å². The lowest BCUT2D eigenvalue weighted by atomic mass is 10.2. The lowest BCUT2D eigenvalue weighted by Gasteiger charge is -2.19. The van der Waals surface area contributed by atoms with Crippen molar-refractivity contribution < 1.29 is 14.7 Å². The maximum absolute atomic E-state index is 12.0. The Bertz CT molecular complexity index is 553. The lowest BCUT2D eigenvalue weighted by Crippen LogP contribution is -2.41. The molecule has 1 aliphatic rings. The van der Waals surface area contributed by atoms with E-state index in [1.54, 1.807) is 11.8 Å². The number of benzene rings is 1. The minimum atomic E-state index is -1.08. The Labute approximate surface area is 132 Å². The zero-order valence-corrected chi connectivity index (χ0v) is 13.1. The van der Waals surface area contributed by atoms with Crippen LogP contribution in [0.5, 0.6) is 0 Å². The van der Waals surface area contributed by atoms with Crippen LogP contribution in [-0.2, 0) is 0 Å². The summed E-state index contributed by atoms with van der Waals surface area (Å²) in [5, 5.41) is 15.3. The molecule has 1 fully saturated rings. The van der Waals surface area contributed by atoms with Crippen LogP contribution in [0.15, 0.2) is 18.2 Å². The Kier molecular flexibility index (Phi) is 5.36. The van der Waals surface area contributed by atoms with E-state index in [1.165, 1.54) is 18.2 Å². The zero-order valence-electron chi connectivity index (χ0n) is 11.6. The minimum Gasteiger partial charge on any atom is -0.478 e. The molecule has 1 aromatic rings. The molecule has 0 spiro atoms. The number of anilines is 1. The van der Waals surface area contributed by atoms with Crippen LogP contribution in [0.1, 0.15) is 29.6 Å². The van der Waals surface area contributed by atoms with Crippen molar-refractivity contribution in [2.45, 2.75) is 30.6 Å². The van der Waals surface area contributed by atoms with E-state index in [4.69, 9.17) is 16.7 Å². The summed E-state index contributed by atoms with van der Waals surface area (Å²) in [5.41, 5.74) is 0.414. The Morgan fingerprint density at radius 1 is 1.33 bits per heavy atom. The second-order valence-electron chi connectivity index (χ2n) is 4.94. The van der Waals surface area contributed by atoms with Crippen LogP contribution in [-0.4, -0.2) is 34.7 Å². The van der Waals surface area contributed by atoms with Crippen molar-refractivity contribution in [1.82, 2.24) is 5.32 Å². The Hall–Kier alpha value is -1.40. The number of thioether (sulfide) groups is 1. The summed E-state index contributed by atoms with van der Waals surface area (Å²) in [6.45, 7) is 0. The van der Waals surface area contributed by atoms with Crippen molar-refractivity contribution in [2.24, 2.45) is 0 Å². The van der Waals surface area contributed by atoms with Crippen LogP contribution >= 0.6 is 23.4 Å². The average Bonchev–Trinajstić information content (AvgIpc) is 2.84. The standard InChI is InChI=1S/C14H17ClN2O3S/c1-21-12-4-2-3-11(12)17-14(20)16-10-6-8(13(18)19)5-9(15)7-10/h5-7,11-12H,2-4H2,1H3,(H,18,19)(H2,16,17,20). The van der Waals surface area contributed by atoms with Crippen LogP contribution in [0.4, 0.5) is 10.5 Å². The average molecular weight is 329 g/mol. The molecule has 2 rings (SSSR count). The lowest BCUT2D eigenvalue weighted by molar-refractivity contribution is 0.0697. The van der Waals surface area contributed by atoms with Gasteiger partial charge in [0.1, 0.15) is 0 Å². The number of nitrogens with one attached hydrogen (secondary N) is 2. The van der Waals surface area contributed by atoms with Crippen molar-refractivity contribution in [3.63, 3.8) is 0 Å². The summed E-state index contributed by atoms with van der Waals surface area (Å²) in [5.74, 6) is -1.08. The molecule has 1 aliphatic carbocycles. The molecule has 114 valence electrons. The Morgan fingerprint density at radius 3 is 2.76 bits per heavy atom. The molecule has 2 amide bonds. The van der Waals surface area contributed by atoms with E-state index in [9.17, 15) is 9.59 Å². The van der Waals surface area contributed by atoms with Gasteiger partial charge in [-0.1, -0.05) is 18.0 Å². The predicted molar refractivity (Wildman–Crippen MR) is 85.5 cm³/mol. The van der Waals surface area contributed by atoms with Gasteiger partial charge >= 0.3 is 12.0 Å². The monoisotopic (exact) mass is 328 g/mol. The first-order valence-electron chi connectivity index (χ1n) is 6.64. The smallest absolute Gasteiger partial charge is 0.335 e. The number of aromatic carboxylic acids is 1. The SMILES string of the molecule is CSC1CCCC1NC(=O)Nc1cc(Cl)cc(C(=O)O)c1. The van der Waals surface area contributed by atoms with Gasteiger partial charge in [-0.2, -0.15) is 11.8 Å². The maximum Gasteiger partial charge on any atom is 0.335 e. The number of carboxylic acid groups (broad SMARTS) is 1. The Morgan fingerprint density at radius 2 is 2.10 bits per heavy atom. The first-order valence-corrected chi connectivity index (χ1v) is 8.30. The maximum atomic E-state index is 12.0. The van der Waals surface area contributed by atoms with Crippen molar-refractivity contribution >= 4 is 41.1 Å². The van der Waals surface area contributed by atoms with Gasteiger partial charge in [-0.15, -0.1) is 0 Å². The Balaban J connectivity index is 2.01. The van der Waals surface area contributed by atoms with Crippen LogP contribution in [0.25, 0.3) is 0 Å². The van der Waals surface area contributed by atoms with Gasteiger partial charge in [0, 0.05) is 22.0 Å². The van der Waals surface area contributed by atoms with E-state index in [0.717, 1.165) is 19.3 Å². The molecule has 21 heavy (non-hydrogen) atoms. The molecule has 5 nitrogen and oxygen atoms in total.